The van der Waals surface area contributed by atoms with Crippen molar-refractivity contribution >= 4 is 17.7 Å². The summed E-state index contributed by atoms with van der Waals surface area (Å²) in [6.07, 6.45) is 10.6. The summed E-state index contributed by atoms with van der Waals surface area (Å²) in [5.74, 6) is -1.54. The largest absolute Gasteiger partial charge is 0.463 e. The Morgan fingerprint density at radius 3 is 1.96 bits per heavy atom. The molecule has 0 N–H and O–H groups in total. The molecule has 0 radical (unpaired) electrons. The van der Waals surface area contributed by atoms with Gasteiger partial charge in [0.15, 0.2) is 11.9 Å². The molecule has 0 fully saturated rings. The van der Waals surface area contributed by atoms with Crippen LogP contribution < -0.4 is 0 Å². The van der Waals surface area contributed by atoms with Crippen molar-refractivity contribution in [3.05, 3.63) is 12.2 Å². The Morgan fingerprint density at radius 1 is 0.870 bits per heavy atom. The van der Waals surface area contributed by atoms with Gasteiger partial charge < -0.3 is 9.47 Å². The lowest BCUT2D eigenvalue weighted by molar-refractivity contribution is -0.148. The number of ether oxygens (including phenoxy) is 2. The minimum atomic E-state index is -0.805. The van der Waals surface area contributed by atoms with Crippen LogP contribution in [0.2, 0.25) is 0 Å². The van der Waals surface area contributed by atoms with E-state index in [0.29, 0.717) is 6.61 Å². The Bertz CT molecular complexity index is 387. The molecule has 0 aliphatic carbocycles. The number of carbonyl (C=O) groups excluding carboxylic acids is 3. The molecule has 0 aromatic rings. The number of hydrogen-bond donors (Lipinski definition) is 0. The van der Waals surface area contributed by atoms with Crippen molar-refractivity contribution in [3.63, 3.8) is 0 Å². The van der Waals surface area contributed by atoms with Crippen molar-refractivity contribution in [2.75, 3.05) is 6.61 Å². The molecule has 0 aliphatic heterocycles. The number of Topliss-reactive ketones (excluding diaryl/α,β-unsaturated/α-hetero) is 1. The fraction of sp³-hybridized carbons (Fsp3) is 0.722. The SMILES string of the molecule is CCCCCCCCCCOC(=O)/C=C/C(=O)OC(C)C(C)=O. The van der Waals surface area contributed by atoms with E-state index in [9.17, 15) is 14.4 Å². The fourth-order valence-electron chi connectivity index (χ4n) is 1.89. The summed E-state index contributed by atoms with van der Waals surface area (Å²) < 4.78 is 9.77. The zero-order valence-electron chi connectivity index (χ0n) is 14.6. The third-order valence-corrected chi connectivity index (χ3v) is 3.46. The molecule has 0 aliphatic rings. The summed E-state index contributed by atoms with van der Waals surface area (Å²) in [5.41, 5.74) is 0. The van der Waals surface area contributed by atoms with Gasteiger partial charge in [-0.05, 0) is 20.3 Å². The summed E-state index contributed by atoms with van der Waals surface area (Å²) in [5, 5.41) is 0. The highest BCUT2D eigenvalue weighted by Gasteiger charge is 2.11. The number of unbranched alkanes of at least 4 members (excludes halogenated alkanes) is 7. The zero-order valence-corrected chi connectivity index (χ0v) is 14.6. The van der Waals surface area contributed by atoms with Crippen LogP contribution in [0.15, 0.2) is 12.2 Å². The number of esters is 2. The summed E-state index contributed by atoms with van der Waals surface area (Å²) in [6.45, 7) is 5.37. The number of hydrogen-bond acceptors (Lipinski definition) is 5. The molecule has 0 saturated carbocycles. The quantitative estimate of drug-likeness (QED) is 0.293. The van der Waals surface area contributed by atoms with Crippen LogP contribution in [0, 0.1) is 0 Å². The molecule has 0 saturated heterocycles. The molecule has 0 heterocycles. The molecule has 5 nitrogen and oxygen atoms in total. The van der Waals surface area contributed by atoms with Crippen LogP contribution in [0.4, 0.5) is 0 Å². The highest BCUT2D eigenvalue weighted by atomic mass is 16.5. The van der Waals surface area contributed by atoms with E-state index in [-0.39, 0.29) is 5.78 Å². The molecule has 23 heavy (non-hydrogen) atoms. The number of ketones is 1. The van der Waals surface area contributed by atoms with Gasteiger partial charge >= 0.3 is 11.9 Å². The molecule has 132 valence electrons. The standard InChI is InChI=1S/C18H30O5/c1-4-5-6-7-8-9-10-11-14-22-17(20)12-13-18(21)23-16(3)15(2)19/h12-13,16H,4-11,14H2,1-3H3/b13-12+. The maximum atomic E-state index is 11.4. The lowest BCUT2D eigenvalue weighted by Crippen LogP contribution is -2.20. The minimum Gasteiger partial charge on any atom is -0.463 e. The molecule has 0 bridgehead atoms. The van der Waals surface area contributed by atoms with Crippen molar-refractivity contribution in [1.29, 1.82) is 0 Å². The Kier molecular flexibility index (Phi) is 13.0. The predicted octanol–water partition coefficient (Wildman–Crippen LogP) is 3.75. The maximum absolute atomic E-state index is 11.4. The van der Waals surface area contributed by atoms with Crippen LogP contribution in [0.25, 0.3) is 0 Å². The first kappa shape index (κ1) is 21.4. The molecule has 0 amide bonds. The van der Waals surface area contributed by atoms with E-state index in [1.54, 1.807) is 0 Å². The van der Waals surface area contributed by atoms with Gasteiger partial charge in [-0.3, -0.25) is 4.79 Å². The molecule has 0 spiro atoms. The summed E-state index contributed by atoms with van der Waals surface area (Å²) in [4.78, 5) is 33.6. The normalized spacial score (nSPS) is 12.1. The molecular formula is C18H30O5. The predicted molar refractivity (Wildman–Crippen MR) is 88.9 cm³/mol. The van der Waals surface area contributed by atoms with E-state index in [4.69, 9.17) is 9.47 Å². The van der Waals surface area contributed by atoms with E-state index in [1.807, 2.05) is 0 Å². The number of rotatable bonds is 13. The van der Waals surface area contributed by atoms with Gasteiger partial charge in [-0.2, -0.15) is 0 Å². The first-order chi connectivity index (χ1) is 11.0. The van der Waals surface area contributed by atoms with Gasteiger partial charge in [-0.15, -0.1) is 0 Å². The van der Waals surface area contributed by atoms with Crippen molar-refractivity contribution < 1.29 is 23.9 Å². The Labute approximate surface area is 139 Å². The van der Waals surface area contributed by atoms with E-state index in [2.05, 4.69) is 6.92 Å². The van der Waals surface area contributed by atoms with Gasteiger partial charge in [0.2, 0.25) is 0 Å². The van der Waals surface area contributed by atoms with Crippen LogP contribution in [0.3, 0.4) is 0 Å². The minimum absolute atomic E-state index is 0.246. The molecule has 0 aromatic heterocycles. The van der Waals surface area contributed by atoms with E-state index in [0.717, 1.165) is 31.4 Å². The second kappa shape index (κ2) is 14.0. The van der Waals surface area contributed by atoms with Crippen molar-refractivity contribution in [2.24, 2.45) is 0 Å². The summed E-state index contributed by atoms with van der Waals surface area (Å²) in [6, 6.07) is 0. The Hall–Kier alpha value is -1.65. The van der Waals surface area contributed by atoms with Gasteiger partial charge in [0, 0.05) is 12.2 Å². The van der Waals surface area contributed by atoms with Crippen LogP contribution in [0.5, 0.6) is 0 Å². The second-order valence-electron chi connectivity index (χ2n) is 5.67. The highest BCUT2D eigenvalue weighted by Crippen LogP contribution is 2.08. The van der Waals surface area contributed by atoms with Gasteiger partial charge in [-0.1, -0.05) is 51.9 Å². The number of carbonyl (C=O) groups is 3. The summed E-state index contributed by atoms with van der Waals surface area (Å²) in [7, 11) is 0. The van der Waals surface area contributed by atoms with Crippen LogP contribution in [-0.2, 0) is 23.9 Å². The topological polar surface area (TPSA) is 69.7 Å². The van der Waals surface area contributed by atoms with Gasteiger partial charge in [0.05, 0.1) is 6.61 Å². The molecule has 1 atom stereocenters. The second-order valence-corrected chi connectivity index (χ2v) is 5.67. The Balaban J connectivity index is 3.61. The molecule has 5 heteroatoms. The van der Waals surface area contributed by atoms with Crippen molar-refractivity contribution in [2.45, 2.75) is 78.2 Å². The van der Waals surface area contributed by atoms with E-state index < -0.39 is 18.0 Å². The third kappa shape index (κ3) is 13.7. The van der Waals surface area contributed by atoms with Crippen LogP contribution >= 0.6 is 0 Å². The smallest absolute Gasteiger partial charge is 0.331 e. The highest BCUT2D eigenvalue weighted by molar-refractivity contribution is 5.93. The first-order valence-corrected chi connectivity index (χ1v) is 8.53. The van der Waals surface area contributed by atoms with Crippen molar-refractivity contribution in [1.82, 2.24) is 0 Å². The molecular weight excluding hydrogens is 296 g/mol. The monoisotopic (exact) mass is 326 g/mol. The van der Waals surface area contributed by atoms with Gasteiger partial charge in [-0.25, -0.2) is 9.59 Å². The maximum Gasteiger partial charge on any atom is 0.331 e. The van der Waals surface area contributed by atoms with Crippen LogP contribution in [0.1, 0.15) is 72.1 Å². The van der Waals surface area contributed by atoms with Gasteiger partial charge in [0.1, 0.15) is 0 Å². The van der Waals surface area contributed by atoms with E-state index in [1.165, 1.54) is 46.0 Å². The zero-order chi connectivity index (χ0) is 17.5. The lowest BCUT2D eigenvalue weighted by atomic mass is 10.1. The average Bonchev–Trinajstić information content (AvgIpc) is 2.51. The molecule has 1 unspecified atom stereocenters. The Morgan fingerprint density at radius 2 is 1.39 bits per heavy atom. The lowest BCUT2D eigenvalue weighted by Gasteiger charge is -2.07. The van der Waals surface area contributed by atoms with Gasteiger partial charge in [0.25, 0.3) is 0 Å². The summed E-state index contributed by atoms with van der Waals surface area (Å²) >= 11 is 0. The molecule has 0 aromatic carbocycles. The van der Waals surface area contributed by atoms with Crippen LogP contribution in [-0.4, -0.2) is 30.4 Å². The first-order valence-electron chi connectivity index (χ1n) is 8.53. The van der Waals surface area contributed by atoms with Crippen molar-refractivity contribution in [3.8, 4) is 0 Å². The fourth-order valence-corrected chi connectivity index (χ4v) is 1.89. The molecule has 0 rings (SSSR count). The van der Waals surface area contributed by atoms with E-state index >= 15 is 0 Å². The third-order valence-electron chi connectivity index (χ3n) is 3.46. The average molecular weight is 326 g/mol.